The first-order chi connectivity index (χ1) is 8.38. The van der Waals surface area contributed by atoms with Crippen molar-refractivity contribution in [1.29, 1.82) is 0 Å². The standard InChI is InChI=1S/C13H15N3O/c1-14-7-12-8-15-9-13(16-12)17-10-11-5-3-2-4-6-11/h2-6,8-9,14H,7,10H2,1H3. The predicted octanol–water partition coefficient (Wildman–Crippen LogP) is 1.77. The maximum absolute atomic E-state index is 5.58. The first-order valence-corrected chi connectivity index (χ1v) is 5.51. The van der Waals surface area contributed by atoms with Crippen LogP contribution in [0.15, 0.2) is 42.7 Å². The van der Waals surface area contributed by atoms with Crippen LogP contribution in [0.2, 0.25) is 0 Å². The van der Waals surface area contributed by atoms with Crippen LogP contribution in [0.3, 0.4) is 0 Å². The minimum Gasteiger partial charge on any atom is -0.472 e. The Kier molecular flexibility index (Phi) is 4.05. The smallest absolute Gasteiger partial charge is 0.232 e. The molecule has 1 heterocycles. The van der Waals surface area contributed by atoms with Crippen LogP contribution in [-0.2, 0) is 13.2 Å². The summed E-state index contributed by atoms with van der Waals surface area (Å²) in [7, 11) is 1.87. The molecule has 0 bridgehead atoms. The number of aromatic nitrogens is 2. The van der Waals surface area contributed by atoms with Crippen LogP contribution >= 0.6 is 0 Å². The Morgan fingerprint density at radius 2 is 2.00 bits per heavy atom. The lowest BCUT2D eigenvalue weighted by Gasteiger charge is -2.06. The van der Waals surface area contributed by atoms with Gasteiger partial charge in [0.25, 0.3) is 0 Å². The molecule has 0 saturated carbocycles. The van der Waals surface area contributed by atoms with Gasteiger partial charge in [-0.3, -0.25) is 4.98 Å². The lowest BCUT2D eigenvalue weighted by atomic mass is 10.2. The van der Waals surface area contributed by atoms with Gasteiger partial charge in [-0.1, -0.05) is 30.3 Å². The van der Waals surface area contributed by atoms with Crippen LogP contribution < -0.4 is 10.1 Å². The monoisotopic (exact) mass is 229 g/mol. The van der Waals surface area contributed by atoms with Gasteiger partial charge in [0.05, 0.1) is 11.9 Å². The van der Waals surface area contributed by atoms with E-state index in [9.17, 15) is 0 Å². The van der Waals surface area contributed by atoms with Crippen LogP contribution in [0.1, 0.15) is 11.3 Å². The van der Waals surface area contributed by atoms with Gasteiger partial charge in [-0.15, -0.1) is 0 Å². The number of nitrogens with one attached hydrogen (secondary N) is 1. The summed E-state index contributed by atoms with van der Waals surface area (Å²) in [6.45, 7) is 1.20. The van der Waals surface area contributed by atoms with Crippen LogP contribution in [-0.4, -0.2) is 17.0 Å². The van der Waals surface area contributed by atoms with Crippen LogP contribution in [0.4, 0.5) is 0 Å². The second-order valence-electron chi connectivity index (χ2n) is 3.65. The molecule has 0 aliphatic heterocycles. The van der Waals surface area contributed by atoms with Gasteiger partial charge >= 0.3 is 0 Å². The molecule has 0 spiro atoms. The summed E-state index contributed by atoms with van der Waals surface area (Å²) in [5.74, 6) is 0.557. The van der Waals surface area contributed by atoms with Crippen LogP contribution in [0.5, 0.6) is 5.88 Å². The second-order valence-corrected chi connectivity index (χ2v) is 3.65. The van der Waals surface area contributed by atoms with Gasteiger partial charge < -0.3 is 10.1 Å². The predicted molar refractivity (Wildman–Crippen MR) is 65.6 cm³/mol. The summed E-state index contributed by atoms with van der Waals surface area (Å²) in [6, 6.07) is 10.00. The van der Waals surface area contributed by atoms with E-state index in [1.807, 2.05) is 37.4 Å². The molecule has 0 unspecified atom stereocenters. The molecule has 0 fully saturated rings. The Hall–Kier alpha value is -1.94. The van der Waals surface area contributed by atoms with E-state index >= 15 is 0 Å². The molecule has 1 aromatic heterocycles. The van der Waals surface area contributed by atoms with Gasteiger partial charge in [0, 0.05) is 12.7 Å². The maximum Gasteiger partial charge on any atom is 0.232 e. The van der Waals surface area contributed by atoms with E-state index in [0.29, 0.717) is 19.0 Å². The Morgan fingerprint density at radius 3 is 2.76 bits per heavy atom. The SMILES string of the molecule is CNCc1cncc(OCc2ccccc2)n1. The van der Waals surface area contributed by atoms with E-state index in [1.165, 1.54) is 0 Å². The fourth-order valence-electron chi connectivity index (χ4n) is 1.45. The highest BCUT2D eigenvalue weighted by Gasteiger charge is 1.99. The molecular formula is C13H15N3O. The Bertz CT molecular complexity index is 459. The molecule has 4 heteroatoms. The average molecular weight is 229 g/mol. The molecule has 0 saturated heterocycles. The second kappa shape index (κ2) is 5.96. The molecular weight excluding hydrogens is 214 g/mol. The molecule has 1 N–H and O–H groups in total. The summed E-state index contributed by atoms with van der Waals surface area (Å²) in [6.07, 6.45) is 3.36. The number of ether oxygens (including phenoxy) is 1. The molecule has 0 amide bonds. The fraction of sp³-hybridized carbons (Fsp3) is 0.231. The zero-order valence-corrected chi connectivity index (χ0v) is 9.76. The Balaban J connectivity index is 1.97. The van der Waals surface area contributed by atoms with Gasteiger partial charge in [-0.05, 0) is 12.6 Å². The van der Waals surface area contributed by atoms with Crippen LogP contribution in [0, 0.1) is 0 Å². The molecule has 2 rings (SSSR count). The first kappa shape index (κ1) is 11.5. The number of hydrogen-bond acceptors (Lipinski definition) is 4. The normalized spacial score (nSPS) is 10.2. The lowest BCUT2D eigenvalue weighted by Crippen LogP contribution is -2.08. The summed E-state index contributed by atoms with van der Waals surface area (Å²) in [4.78, 5) is 8.42. The molecule has 4 nitrogen and oxygen atoms in total. The van der Waals surface area contributed by atoms with E-state index in [-0.39, 0.29) is 0 Å². The van der Waals surface area contributed by atoms with Crippen LogP contribution in [0.25, 0.3) is 0 Å². The lowest BCUT2D eigenvalue weighted by molar-refractivity contribution is 0.291. The van der Waals surface area contributed by atoms with Crippen molar-refractivity contribution in [3.8, 4) is 5.88 Å². The summed E-state index contributed by atoms with van der Waals surface area (Å²) in [5, 5.41) is 3.03. The van der Waals surface area contributed by atoms with Crippen molar-refractivity contribution < 1.29 is 4.74 Å². The molecule has 0 radical (unpaired) electrons. The molecule has 0 atom stereocenters. The van der Waals surface area contributed by atoms with Gasteiger partial charge in [0.15, 0.2) is 0 Å². The average Bonchev–Trinajstić information content (AvgIpc) is 2.39. The zero-order valence-electron chi connectivity index (χ0n) is 9.76. The van der Waals surface area contributed by atoms with E-state index in [1.54, 1.807) is 12.4 Å². The van der Waals surface area contributed by atoms with Crippen molar-refractivity contribution in [2.45, 2.75) is 13.2 Å². The quantitative estimate of drug-likeness (QED) is 0.849. The van der Waals surface area contributed by atoms with Crippen molar-refractivity contribution in [3.63, 3.8) is 0 Å². The van der Waals surface area contributed by atoms with Crippen molar-refractivity contribution in [2.75, 3.05) is 7.05 Å². The number of hydrogen-bond donors (Lipinski definition) is 1. The highest BCUT2D eigenvalue weighted by atomic mass is 16.5. The van der Waals surface area contributed by atoms with E-state index in [4.69, 9.17) is 4.74 Å². The molecule has 0 aliphatic rings. The number of nitrogens with zero attached hydrogens (tertiary/aromatic N) is 2. The van der Waals surface area contributed by atoms with Crippen molar-refractivity contribution in [3.05, 3.63) is 54.0 Å². The van der Waals surface area contributed by atoms with E-state index in [0.717, 1.165) is 11.3 Å². The minimum atomic E-state index is 0.512. The number of rotatable bonds is 5. The fourth-order valence-corrected chi connectivity index (χ4v) is 1.45. The van der Waals surface area contributed by atoms with E-state index in [2.05, 4.69) is 15.3 Å². The topological polar surface area (TPSA) is 47.0 Å². The first-order valence-electron chi connectivity index (χ1n) is 5.51. The highest BCUT2D eigenvalue weighted by molar-refractivity contribution is 5.15. The molecule has 17 heavy (non-hydrogen) atoms. The summed E-state index contributed by atoms with van der Waals surface area (Å²) < 4.78 is 5.58. The molecule has 0 aliphatic carbocycles. The largest absolute Gasteiger partial charge is 0.472 e. The molecule has 88 valence electrons. The molecule has 1 aromatic carbocycles. The summed E-state index contributed by atoms with van der Waals surface area (Å²) >= 11 is 0. The van der Waals surface area contributed by atoms with Crippen molar-refractivity contribution in [1.82, 2.24) is 15.3 Å². The Morgan fingerprint density at radius 1 is 1.18 bits per heavy atom. The third-order valence-corrected chi connectivity index (χ3v) is 2.25. The van der Waals surface area contributed by atoms with Gasteiger partial charge in [0.2, 0.25) is 5.88 Å². The number of benzene rings is 1. The van der Waals surface area contributed by atoms with Crippen molar-refractivity contribution >= 4 is 0 Å². The third-order valence-electron chi connectivity index (χ3n) is 2.25. The maximum atomic E-state index is 5.58. The van der Waals surface area contributed by atoms with Crippen molar-refractivity contribution in [2.24, 2.45) is 0 Å². The molecule has 2 aromatic rings. The van der Waals surface area contributed by atoms with Gasteiger partial charge in [-0.25, -0.2) is 4.98 Å². The van der Waals surface area contributed by atoms with E-state index < -0.39 is 0 Å². The minimum absolute atomic E-state index is 0.512. The van der Waals surface area contributed by atoms with Gasteiger partial charge in [-0.2, -0.15) is 0 Å². The Labute approximate surface area is 101 Å². The highest BCUT2D eigenvalue weighted by Crippen LogP contribution is 2.08. The third kappa shape index (κ3) is 3.53. The summed E-state index contributed by atoms with van der Waals surface area (Å²) in [5.41, 5.74) is 1.99. The van der Waals surface area contributed by atoms with Gasteiger partial charge in [0.1, 0.15) is 6.61 Å². The zero-order chi connectivity index (χ0) is 11.9.